The lowest BCUT2D eigenvalue weighted by Gasteiger charge is -2.08. The van der Waals surface area contributed by atoms with Crippen molar-refractivity contribution in [1.29, 1.82) is 0 Å². The van der Waals surface area contributed by atoms with E-state index in [-0.39, 0.29) is 12.3 Å². The minimum absolute atomic E-state index is 0.137. The van der Waals surface area contributed by atoms with Crippen LogP contribution in [0.4, 0.5) is 8.78 Å². The van der Waals surface area contributed by atoms with Crippen LogP contribution in [0.25, 0.3) is 0 Å². The summed E-state index contributed by atoms with van der Waals surface area (Å²) in [6.07, 6.45) is 3.14. The lowest BCUT2D eigenvalue weighted by Crippen LogP contribution is -2.06. The molecule has 0 radical (unpaired) electrons. The zero-order valence-electron chi connectivity index (χ0n) is 10.2. The van der Waals surface area contributed by atoms with Gasteiger partial charge in [-0.05, 0) is 48.4 Å². The highest BCUT2D eigenvalue weighted by Crippen LogP contribution is 2.30. The van der Waals surface area contributed by atoms with Gasteiger partial charge in [0, 0.05) is 6.54 Å². The van der Waals surface area contributed by atoms with Gasteiger partial charge in [0.1, 0.15) is 0 Å². The third-order valence-corrected chi connectivity index (χ3v) is 3.02. The molecular weight excluding hydrogens is 236 g/mol. The van der Waals surface area contributed by atoms with Gasteiger partial charge in [-0.2, -0.15) is 0 Å². The third-order valence-electron chi connectivity index (χ3n) is 3.02. The molecule has 2 rings (SSSR count). The van der Waals surface area contributed by atoms with Crippen molar-refractivity contribution < 1.29 is 13.5 Å². The summed E-state index contributed by atoms with van der Waals surface area (Å²) in [7, 11) is 0. The van der Waals surface area contributed by atoms with Crippen molar-refractivity contribution in [3.63, 3.8) is 0 Å². The SMILES string of the molecule is NC/C(=C\F)Cc1ccc(OCC2CC2)c(F)c1. The first kappa shape index (κ1) is 13.0. The molecule has 0 unspecified atom stereocenters. The molecule has 1 aromatic rings. The molecule has 18 heavy (non-hydrogen) atoms. The Morgan fingerprint density at radius 2 is 2.22 bits per heavy atom. The smallest absolute Gasteiger partial charge is 0.165 e. The Hall–Kier alpha value is -1.42. The second kappa shape index (κ2) is 5.96. The summed E-state index contributed by atoms with van der Waals surface area (Å²) in [5.74, 6) is 0.454. The Bertz CT molecular complexity index is 441. The quantitative estimate of drug-likeness (QED) is 0.846. The van der Waals surface area contributed by atoms with E-state index >= 15 is 0 Å². The fourth-order valence-electron chi connectivity index (χ4n) is 1.68. The van der Waals surface area contributed by atoms with E-state index in [4.69, 9.17) is 10.5 Å². The maximum absolute atomic E-state index is 13.7. The summed E-state index contributed by atoms with van der Waals surface area (Å²) >= 11 is 0. The van der Waals surface area contributed by atoms with E-state index in [0.29, 0.717) is 36.4 Å². The van der Waals surface area contributed by atoms with E-state index in [1.807, 2.05) is 0 Å². The number of halogens is 2. The Morgan fingerprint density at radius 1 is 1.44 bits per heavy atom. The van der Waals surface area contributed by atoms with Crippen molar-refractivity contribution in [1.82, 2.24) is 0 Å². The largest absolute Gasteiger partial charge is 0.490 e. The monoisotopic (exact) mass is 253 g/mol. The second-order valence-electron chi connectivity index (χ2n) is 4.67. The first-order valence-electron chi connectivity index (χ1n) is 6.12. The van der Waals surface area contributed by atoms with Crippen LogP contribution in [0.3, 0.4) is 0 Å². The van der Waals surface area contributed by atoms with Crippen LogP contribution >= 0.6 is 0 Å². The molecule has 2 nitrogen and oxygen atoms in total. The minimum Gasteiger partial charge on any atom is -0.490 e. The first-order valence-corrected chi connectivity index (χ1v) is 6.12. The topological polar surface area (TPSA) is 35.2 Å². The number of ether oxygens (including phenoxy) is 1. The van der Waals surface area contributed by atoms with Gasteiger partial charge in [0.15, 0.2) is 11.6 Å². The molecule has 4 heteroatoms. The summed E-state index contributed by atoms with van der Waals surface area (Å²) in [6.45, 7) is 0.715. The van der Waals surface area contributed by atoms with Gasteiger partial charge in [0.25, 0.3) is 0 Å². The number of benzene rings is 1. The summed E-state index contributed by atoms with van der Waals surface area (Å²) < 4.78 is 31.5. The number of hydrogen-bond acceptors (Lipinski definition) is 2. The standard InChI is InChI=1S/C14H17F2NO/c15-7-12(8-17)5-11-3-4-14(13(16)6-11)18-9-10-1-2-10/h3-4,6-7,10H,1-2,5,8-9,17H2/b12-7-. The van der Waals surface area contributed by atoms with Crippen molar-refractivity contribution in [2.45, 2.75) is 19.3 Å². The minimum atomic E-state index is -0.400. The summed E-state index contributed by atoms with van der Waals surface area (Å²) in [5.41, 5.74) is 6.50. The van der Waals surface area contributed by atoms with Crippen molar-refractivity contribution in [2.24, 2.45) is 11.7 Å². The fraction of sp³-hybridized carbons (Fsp3) is 0.429. The average molecular weight is 253 g/mol. The van der Waals surface area contributed by atoms with E-state index in [1.165, 1.54) is 18.9 Å². The van der Waals surface area contributed by atoms with Gasteiger partial charge in [-0.1, -0.05) is 6.07 Å². The lowest BCUT2D eigenvalue weighted by molar-refractivity contribution is 0.285. The van der Waals surface area contributed by atoms with Crippen LogP contribution in [0.1, 0.15) is 18.4 Å². The summed E-state index contributed by atoms with van der Waals surface area (Å²) in [5, 5.41) is 0. The van der Waals surface area contributed by atoms with Crippen LogP contribution < -0.4 is 10.5 Å². The third kappa shape index (κ3) is 3.53. The normalized spacial score (nSPS) is 15.8. The van der Waals surface area contributed by atoms with Gasteiger partial charge in [-0.15, -0.1) is 0 Å². The molecule has 1 saturated carbocycles. The Morgan fingerprint density at radius 3 is 2.78 bits per heavy atom. The fourth-order valence-corrected chi connectivity index (χ4v) is 1.68. The Kier molecular flexibility index (Phi) is 4.31. The molecule has 0 spiro atoms. The van der Waals surface area contributed by atoms with Crippen LogP contribution in [0.15, 0.2) is 30.1 Å². The second-order valence-corrected chi connectivity index (χ2v) is 4.67. The highest BCUT2D eigenvalue weighted by molar-refractivity contribution is 5.31. The number of nitrogens with two attached hydrogens (primary N) is 1. The molecule has 1 aromatic carbocycles. The Labute approximate surface area is 105 Å². The highest BCUT2D eigenvalue weighted by atomic mass is 19.1. The predicted octanol–water partition coefficient (Wildman–Crippen LogP) is 2.97. The summed E-state index contributed by atoms with van der Waals surface area (Å²) in [4.78, 5) is 0. The van der Waals surface area contributed by atoms with E-state index in [1.54, 1.807) is 12.1 Å². The Balaban J connectivity index is 1.99. The van der Waals surface area contributed by atoms with E-state index in [2.05, 4.69) is 0 Å². The van der Waals surface area contributed by atoms with Crippen LogP contribution in [-0.2, 0) is 6.42 Å². The predicted molar refractivity (Wildman–Crippen MR) is 66.6 cm³/mol. The molecule has 98 valence electrons. The van der Waals surface area contributed by atoms with Crippen molar-refractivity contribution >= 4 is 0 Å². The van der Waals surface area contributed by atoms with Gasteiger partial charge in [0.05, 0.1) is 12.9 Å². The maximum atomic E-state index is 13.7. The molecule has 1 aliphatic rings. The molecule has 0 atom stereocenters. The first-order chi connectivity index (χ1) is 8.72. The van der Waals surface area contributed by atoms with Crippen LogP contribution in [-0.4, -0.2) is 13.2 Å². The van der Waals surface area contributed by atoms with Gasteiger partial charge < -0.3 is 10.5 Å². The number of rotatable bonds is 6. The van der Waals surface area contributed by atoms with E-state index in [0.717, 1.165) is 0 Å². The number of hydrogen-bond donors (Lipinski definition) is 1. The summed E-state index contributed by atoms with van der Waals surface area (Å²) in [6, 6.07) is 4.71. The van der Waals surface area contributed by atoms with Gasteiger partial charge in [-0.25, -0.2) is 8.78 Å². The maximum Gasteiger partial charge on any atom is 0.165 e. The molecule has 0 bridgehead atoms. The molecule has 0 aliphatic heterocycles. The molecule has 0 amide bonds. The molecule has 0 saturated heterocycles. The molecule has 0 heterocycles. The van der Waals surface area contributed by atoms with Gasteiger partial charge in [0.2, 0.25) is 0 Å². The molecule has 1 fully saturated rings. The van der Waals surface area contributed by atoms with Crippen LogP contribution in [0.5, 0.6) is 5.75 Å². The van der Waals surface area contributed by atoms with Crippen molar-refractivity contribution in [3.8, 4) is 5.75 Å². The van der Waals surface area contributed by atoms with Crippen LogP contribution in [0, 0.1) is 11.7 Å². The van der Waals surface area contributed by atoms with E-state index in [9.17, 15) is 8.78 Å². The van der Waals surface area contributed by atoms with Crippen molar-refractivity contribution in [3.05, 3.63) is 41.5 Å². The van der Waals surface area contributed by atoms with E-state index < -0.39 is 5.82 Å². The molecular formula is C14H17F2NO. The van der Waals surface area contributed by atoms with Gasteiger partial charge in [-0.3, -0.25) is 0 Å². The highest BCUT2D eigenvalue weighted by Gasteiger charge is 2.22. The molecule has 0 aromatic heterocycles. The molecule has 1 aliphatic carbocycles. The zero-order valence-corrected chi connectivity index (χ0v) is 10.2. The van der Waals surface area contributed by atoms with Crippen LogP contribution in [0.2, 0.25) is 0 Å². The average Bonchev–Trinajstić information content (AvgIpc) is 3.19. The van der Waals surface area contributed by atoms with Gasteiger partial charge >= 0.3 is 0 Å². The zero-order chi connectivity index (χ0) is 13.0. The lowest BCUT2D eigenvalue weighted by atomic mass is 10.1. The van der Waals surface area contributed by atoms with Crippen molar-refractivity contribution in [2.75, 3.05) is 13.2 Å². The molecule has 2 N–H and O–H groups in total.